The Kier molecular flexibility index (Phi) is 9.74. The number of carbonyl (C=O) groups is 2. The van der Waals surface area contributed by atoms with Gasteiger partial charge in [0.15, 0.2) is 0 Å². The van der Waals surface area contributed by atoms with Crippen LogP contribution in [-0.4, -0.2) is 58.6 Å². The first-order valence-corrected chi connectivity index (χ1v) is 17.3. The molecule has 2 aromatic carbocycles. The Morgan fingerprint density at radius 1 is 1.02 bits per heavy atom. The zero-order valence-electron chi connectivity index (χ0n) is 26.0. The van der Waals surface area contributed by atoms with Crippen LogP contribution in [0.5, 0.6) is 5.75 Å². The van der Waals surface area contributed by atoms with Crippen molar-refractivity contribution in [1.82, 2.24) is 9.80 Å². The Bertz CT molecular complexity index is 1430. The van der Waals surface area contributed by atoms with Crippen LogP contribution in [0.2, 0.25) is 0 Å². The van der Waals surface area contributed by atoms with Gasteiger partial charge in [0.25, 0.3) is 0 Å². The molecular formula is C37H45BrN2O4. The number of phenols is 1. The van der Waals surface area contributed by atoms with Crippen molar-refractivity contribution in [3.63, 3.8) is 0 Å². The molecule has 1 N–H and O–H groups in total. The minimum atomic E-state index is -0.288. The van der Waals surface area contributed by atoms with Gasteiger partial charge < -0.3 is 9.84 Å². The number of hydrogen-bond donors (Lipinski definition) is 1. The monoisotopic (exact) mass is 660 g/mol. The molecule has 7 heteroatoms. The highest BCUT2D eigenvalue weighted by Gasteiger charge is 2.58. The van der Waals surface area contributed by atoms with Crippen LogP contribution < -0.4 is 0 Å². The van der Waals surface area contributed by atoms with E-state index in [9.17, 15) is 14.7 Å². The molecule has 0 saturated carbocycles. The quantitative estimate of drug-likeness (QED) is 0.211. The number of imide groups is 1. The first-order valence-electron chi connectivity index (χ1n) is 16.5. The number of amides is 2. The lowest BCUT2D eigenvalue weighted by Gasteiger charge is -2.36. The van der Waals surface area contributed by atoms with Crippen molar-refractivity contribution in [1.29, 1.82) is 0 Å². The van der Waals surface area contributed by atoms with Gasteiger partial charge in [-0.25, -0.2) is 0 Å². The fraction of sp³-hybridized carbons (Fsp3) is 0.514. The zero-order chi connectivity index (χ0) is 30.8. The largest absolute Gasteiger partial charge is 0.507 e. The molecule has 0 radical (unpaired) electrons. The molecule has 0 aromatic heterocycles. The first-order chi connectivity index (χ1) is 21.4. The molecule has 234 valence electrons. The van der Waals surface area contributed by atoms with E-state index in [-0.39, 0.29) is 47.5 Å². The van der Waals surface area contributed by atoms with E-state index in [1.165, 1.54) is 22.3 Å². The number of rotatable bonds is 10. The molecule has 3 fully saturated rings. The molecule has 0 unspecified atom stereocenters. The summed E-state index contributed by atoms with van der Waals surface area (Å²) in [5.74, 6) is -0.155. The summed E-state index contributed by atoms with van der Waals surface area (Å²) in [6.07, 6.45) is 9.05. The SMILES string of the molecule is CCC/C(=C\c1cc(Br)ccc1O)CC[C@H]1OC[C@H]2C1=C(CC)C[C@H]1C(=O)N(C3CCN(Cc4ccccc4)CC3)C(=O)[C@H]12. The number of hydrogen-bond acceptors (Lipinski definition) is 5. The number of carbonyl (C=O) groups excluding carboxylic acids is 2. The van der Waals surface area contributed by atoms with Gasteiger partial charge in [-0.15, -0.1) is 0 Å². The Morgan fingerprint density at radius 3 is 2.52 bits per heavy atom. The van der Waals surface area contributed by atoms with Crippen molar-refractivity contribution in [3.8, 4) is 5.75 Å². The average molecular weight is 662 g/mol. The number of nitrogens with zero attached hydrogens (tertiary/aromatic N) is 2. The van der Waals surface area contributed by atoms with Crippen molar-refractivity contribution in [2.45, 2.75) is 83.9 Å². The Morgan fingerprint density at radius 2 is 1.80 bits per heavy atom. The highest BCUT2D eigenvalue weighted by atomic mass is 79.9. The molecule has 0 bridgehead atoms. The summed E-state index contributed by atoms with van der Waals surface area (Å²) in [5.41, 5.74) is 6.04. The average Bonchev–Trinajstić information content (AvgIpc) is 3.56. The van der Waals surface area contributed by atoms with Gasteiger partial charge in [0.1, 0.15) is 5.75 Å². The molecule has 2 amide bonds. The highest BCUT2D eigenvalue weighted by molar-refractivity contribution is 9.10. The fourth-order valence-electron chi connectivity index (χ4n) is 8.14. The predicted molar refractivity (Wildman–Crippen MR) is 177 cm³/mol. The van der Waals surface area contributed by atoms with Gasteiger partial charge in [0.05, 0.1) is 24.5 Å². The van der Waals surface area contributed by atoms with E-state index in [4.69, 9.17) is 4.74 Å². The topological polar surface area (TPSA) is 70.1 Å². The zero-order valence-corrected chi connectivity index (χ0v) is 27.6. The Labute approximate surface area is 270 Å². The molecule has 4 atom stereocenters. The van der Waals surface area contributed by atoms with Crippen molar-refractivity contribution in [2.24, 2.45) is 17.8 Å². The highest BCUT2D eigenvalue weighted by Crippen LogP contribution is 2.51. The van der Waals surface area contributed by atoms with Crippen molar-refractivity contribution < 1.29 is 19.4 Å². The van der Waals surface area contributed by atoms with Crippen molar-refractivity contribution in [3.05, 3.63) is 80.8 Å². The minimum Gasteiger partial charge on any atom is -0.507 e. The van der Waals surface area contributed by atoms with E-state index >= 15 is 0 Å². The van der Waals surface area contributed by atoms with E-state index in [1.807, 2.05) is 18.2 Å². The summed E-state index contributed by atoms with van der Waals surface area (Å²) >= 11 is 3.52. The van der Waals surface area contributed by atoms with Crippen LogP contribution in [0.15, 0.2) is 69.7 Å². The van der Waals surface area contributed by atoms with Gasteiger partial charge in [-0.2, -0.15) is 0 Å². The summed E-state index contributed by atoms with van der Waals surface area (Å²) in [6.45, 7) is 7.58. The second kappa shape index (κ2) is 13.7. The maximum Gasteiger partial charge on any atom is 0.234 e. The van der Waals surface area contributed by atoms with E-state index in [0.29, 0.717) is 13.0 Å². The van der Waals surface area contributed by atoms with Crippen molar-refractivity contribution >= 4 is 33.8 Å². The summed E-state index contributed by atoms with van der Waals surface area (Å²) in [4.78, 5) is 32.0. The minimum absolute atomic E-state index is 0.000970. The van der Waals surface area contributed by atoms with Crippen molar-refractivity contribution in [2.75, 3.05) is 19.7 Å². The molecule has 3 aliphatic heterocycles. The lowest BCUT2D eigenvalue weighted by Crippen LogP contribution is -2.47. The molecular weight excluding hydrogens is 616 g/mol. The second-order valence-electron chi connectivity index (χ2n) is 13.0. The third-order valence-corrected chi connectivity index (χ3v) is 10.8. The summed E-state index contributed by atoms with van der Waals surface area (Å²) in [5, 5.41) is 10.4. The molecule has 6 nitrogen and oxygen atoms in total. The van der Waals surface area contributed by atoms with Crippen LogP contribution in [0.1, 0.15) is 76.3 Å². The molecule has 3 heterocycles. The third-order valence-electron chi connectivity index (χ3n) is 10.3. The van der Waals surface area contributed by atoms with E-state index in [0.717, 1.165) is 74.6 Å². The standard InChI is InChI=1S/C37H45BrN2O4/c1-3-8-24(19-27-20-28(38)12-13-32(27)41)11-14-33-34-26(4-2)21-30-35(31(34)23-44-33)37(43)40(36(30)42)29-15-17-39(18-16-29)22-25-9-6-5-7-10-25/h5-7,9-10,12-13,19-20,29-31,33,35,41H,3-4,8,11,14-18,21-23H2,1-2H3/b24-19+/t30-,31+,33-,35-/m1/s1. The smallest absolute Gasteiger partial charge is 0.234 e. The van der Waals surface area contributed by atoms with Gasteiger partial charge in [0, 0.05) is 41.6 Å². The summed E-state index contributed by atoms with van der Waals surface area (Å²) < 4.78 is 7.41. The number of phenolic OH excluding ortho intramolecular Hbond substituents is 1. The number of allylic oxidation sites excluding steroid dienone is 2. The second-order valence-corrected chi connectivity index (χ2v) is 13.9. The predicted octanol–water partition coefficient (Wildman–Crippen LogP) is 7.51. The number of likely N-dealkylation sites (tertiary alicyclic amines) is 2. The van der Waals surface area contributed by atoms with Crippen LogP contribution in [0, 0.1) is 17.8 Å². The van der Waals surface area contributed by atoms with E-state index in [2.05, 4.69) is 65.0 Å². The number of benzene rings is 2. The summed E-state index contributed by atoms with van der Waals surface area (Å²) in [6, 6.07) is 16.0. The molecule has 4 aliphatic rings. The molecule has 0 spiro atoms. The van der Waals surface area contributed by atoms with Crippen LogP contribution in [0.4, 0.5) is 0 Å². The fourth-order valence-corrected chi connectivity index (χ4v) is 8.52. The molecule has 3 saturated heterocycles. The number of ether oxygens (including phenoxy) is 1. The third kappa shape index (κ3) is 6.33. The van der Waals surface area contributed by atoms with Crippen LogP contribution >= 0.6 is 15.9 Å². The molecule has 44 heavy (non-hydrogen) atoms. The maximum absolute atomic E-state index is 14.1. The van der Waals surface area contributed by atoms with Gasteiger partial charge in [-0.1, -0.05) is 83.8 Å². The first kappa shape index (κ1) is 31.3. The molecule has 1 aliphatic carbocycles. The van der Waals surface area contributed by atoms with Gasteiger partial charge in [-0.3, -0.25) is 19.4 Å². The lowest BCUT2D eigenvalue weighted by molar-refractivity contribution is -0.144. The number of aromatic hydroxyl groups is 1. The summed E-state index contributed by atoms with van der Waals surface area (Å²) in [7, 11) is 0. The number of fused-ring (bicyclic) bond motifs is 3. The van der Waals surface area contributed by atoms with Crippen LogP contribution in [0.25, 0.3) is 6.08 Å². The molecule has 2 aromatic rings. The molecule has 6 rings (SSSR count). The number of halogens is 1. The lowest BCUT2D eigenvalue weighted by atomic mass is 9.69. The van der Waals surface area contributed by atoms with E-state index in [1.54, 1.807) is 11.0 Å². The number of piperidine rings is 1. The Hall–Kier alpha value is -2.74. The van der Waals surface area contributed by atoms with Crippen LogP contribution in [-0.2, 0) is 20.9 Å². The van der Waals surface area contributed by atoms with Gasteiger partial charge >= 0.3 is 0 Å². The normalized spacial score (nSPS) is 26.4. The maximum atomic E-state index is 14.1. The van der Waals surface area contributed by atoms with E-state index < -0.39 is 0 Å². The van der Waals surface area contributed by atoms with Crippen LogP contribution in [0.3, 0.4) is 0 Å². The Balaban J connectivity index is 1.13. The van der Waals surface area contributed by atoms with Gasteiger partial charge in [-0.05, 0) is 74.3 Å². The van der Waals surface area contributed by atoms with Gasteiger partial charge in [0.2, 0.25) is 11.8 Å².